The second-order valence-electron chi connectivity index (χ2n) is 4.73. The molecule has 0 aliphatic carbocycles. The van der Waals surface area contributed by atoms with E-state index in [2.05, 4.69) is 64.6 Å². The fourth-order valence-electron chi connectivity index (χ4n) is 2.01. The zero-order chi connectivity index (χ0) is 14.4. The normalized spacial score (nSPS) is 10.6. The van der Waals surface area contributed by atoms with Gasteiger partial charge in [-0.3, -0.25) is 0 Å². The van der Waals surface area contributed by atoms with Crippen molar-refractivity contribution in [1.29, 1.82) is 0 Å². The van der Waals surface area contributed by atoms with Crippen molar-refractivity contribution in [2.24, 2.45) is 0 Å². The van der Waals surface area contributed by atoms with E-state index in [4.69, 9.17) is 4.74 Å². The number of nitrogens with one attached hydrogen (secondary N) is 1. The van der Waals surface area contributed by atoms with Crippen molar-refractivity contribution in [2.75, 3.05) is 11.9 Å². The van der Waals surface area contributed by atoms with Crippen LogP contribution in [0.4, 0.5) is 5.69 Å². The summed E-state index contributed by atoms with van der Waals surface area (Å²) in [7, 11) is 0. The molecule has 0 aliphatic rings. The zero-order valence-corrected chi connectivity index (χ0v) is 13.5. The largest absolute Gasteiger partial charge is 0.381 e. The van der Waals surface area contributed by atoms with Crippen molar-refractivity contribution in [3.63, 3.8) is 0 Å². The fourth-order valence-corrected chi connectivity index (χ4v) is 2.52. The molecule has 0 radical (unpaired) electrons. The number of hydrogen-bond donors (Lipinski definition) is 1. The van der Waals surface area contributed by atoms with E-state index >= 15 is 0 Å². The van der Waals surface area contributed by atoms with Gasteiger partial charge in [0.15, 0.2) is 0 Å². The monoisotopic (exact) mass is 333 g/mol. The van der Waals surface area contributed by atoms with Gasteiger partial charge >= 0.3 is 0 Å². The maximum absolute atomic E-state index is 5.48. The van der Waals surface area contributed by atoms with Crippen LogP contribution in [0.2, 0.25) is 0 Å². The molecule has 0 bridgehead atoms. The highest BCUT2D eigenvalue weighted by Gasteiger charge is 2.05. The predicted octanol–water partition coefficient (Wildman–Crippen LogP) is 4.91. The van der Waals surface area contributed by atoms with Crippen LogP contribution < -0.4 is 5.32 Å². The van der Waals surface area contributed by atoms with Crippen LogP contribution in [-0.4, -0.2) is 6.61 Å². The Hall–Kier alpha value is -1.32. The molecule has 0 amide bonds. The lowest BCUT2D eigenvalue weighted by molar-refractivity contribution is 0.134. The van der Waals surface area contributed by atoms with Crippen LogP contribution in [-0.2, 0) is 17.9 Å². The van der Waals surface area contributed by atoms with Gasteiger partial charge in [0.2, 0.25) is 0 Å². The predicted molar refractivity (Wildman–Crippen MR) is 88.0 cm³/mol. The SMILES string of the molecule is CCOCc1cc(Br)c(C)c(NCc2ccccc2)c1. The molecule has 20 heavy (non-hydrogen) atoms. The lowest BCUT2D eigenvalue weighted by Gasteiger charge is -2.14. The summed E-state index contributed by atoms with van der Waals surface area (Å²) >= 11 is 3.62. The van der Waals surface area contributed by atoms with Crippen molar-refractivity contribution < 1.29 is 4.74 Å². The van der Waals surface area contributed by atoms with Crippen LogP contribution in [0.25, 0.3) is 0 Å². The van der Waals surface area contributed by atoms with Crippen LogP contribution in [0.1, 0.15) is 23.6 Å². The highest BCUT2D eigenvalue weighted by molar-refractivity contribution is 9.10. The van der Waals surface area contributed by atoms with E-state index < -0.39 is 0 Å². The summed E-state index contributed by atoms with van der Waals surface area (Å²) in [5, 5.41) is 3.50. The summed E-state index contributed by atoms with van der Waals surface area (Å²) in [4.78, 5) is 0. The Morgan fingerprint density at radius 2 is 1.85 bits per heavy atom. The number of anilines is 1. The van der Waals surface area contributed by atoms with Gasteiger partial charge in [-0.1, -0.05) is 46.3 Å². The molecule has 106 valence electrons. The van der Waals surface area contributed by atoms with Gasteiger partial charge in [-0.25, -0.2) is 0 Å². The van der Waals surface area contributed by atoms with E-state index in [9.17, 15) is 0 Å². The quantitative estimate of drug-likeness (QED) is 0.811. The molecule has 0 fully saturated rings. The van der Waals surface area contributed by atoms with Crippen LogP contribution >= 0.6 is 15.9 Å². The Kier molecular flexibility index (Phi) is 5.62. The maximum Gasteiger partial charge on any atom is 0.0717 e. The molecule has 0 saturated heterocycles. The lowest BCUT2D eigenvalue weighted by Crippen LogP contribution is -2.03. The second-order valence-corrected chi connectivity index (χ2v) is 5.58. The molecule has 0 saturated carbocycles. The molecule has 2 rings (SSSR count). The molecule has 0 aliphatic heterocycles. The molecule has 0 heterocycles. The molecule has 0 aromatic heterocycles. The van der Waals surface area contributed by atoms with Gasteiger partial charge in [-0.15, -0.1) is 0 Å². The van der Waals surface area contributed by atoms with Crippen molar-refractivity contribution >= 4 is 21.6 Å². The lowest BCUT2D eigenvalue weighted by atomic mass is 10.1. The number of halogens is 1. The van der Waals surface area contributed by atoms with Crippen molar-refractivity contribution in [3.05, 3.63) is 63.6 Å². The van der Waals surface area contributed by atoms with Gasteiger partial charge in [0, 0.05) is 23.3 Å². The van der Waals surface area contributed by atoms with E-state index in [1.165, 1.54) is 16.7 Å². The van der Waals surface area contributed by atoms with Crippen molar-refractivity contribution in [3.8, 4) is 0 Å². The average Bonchev–Trinajstić information content (AvgIpc) is 2.48. The van der Waals surface area contributed by atoms with Gasteiger partial charge < -0.3 is 10.1 Å². The summed E-state index contributed by atoms with van der Waals surface area (Å²) in [6, 6.07) is 14.7. The summed E-state index contributed by atoms with van der Waals surface area (Å²) in [6.07, 6.45) is 0. The minimum absolute atomic E-state index is 0.648. The molecule has 2 aromatic carbocycles. The smallest absolute Gasteiger partial charge is 0.0717 e. The van der Waals surface area contributed by atoms with Gasteiger partial charge in [-0.2, -0.15) is 0 Å². The van der Waals surface area contributed by atoms with Crippen molar-refractivity contribution in [2.45, 2.75) is 27.0 Å². The van der Waals surface area contributed by atoms with E-state index in [0.29, 0.717) is 6.61 Å². The number of hydrogen-bond acceptors (Lipinski definition) is 2. The van der Waals surface area contributed by atoms with Crippen LogP contribution in [0, 0.1) is 6.92 Å². The molecular weight excluding hydrogens is 314 g/mol. The Morgan fingerprint density at radius 1 is 1.10 bits per heavy atom. The van der Waals surface area contributed by atoms with Gasteiger partial charge in [0.1, 0.15) is 0 Å². The highest BCUT2D eigenvalue weighted by atomic mass is 79.9. The Labute approximate surface area is 129 Å². The Balaban J connectivity index is 2.11. The molecule has 0 unspecified atom stereocenters. The van der Waals surface area contributed by atoms with E-state index in [0.717, 1.165) is 23.3 Å². The highest BCUT2D eigenvalue weighted by Crippen LogP contribution is 2.27. The van der Waals surface area contributed by atoms with Gasteiger partial charge in [0.05, 0.1) is 6.61 Å². The number of ether oxygens (including phenoxy) is 1. The van der Waals surface area contributed by atoms with Gasteiger partial charge in [0.25, 0.3) is 0 Å². The summed E-state index contributed by atoms with van der Waals surface area (Å²) in [5.74, 6) is 0. The maximum atomic E-state index is 5.48. The fraction of sp³-hybridized carbons (Fsp3) is 0.294. The zero-order valence-electron chi connectivity index (χ0n) is 11.9. The standard InChI is InChI=1S/C17H20BrNO/c1-3-20-12-15-9-16(18)13(2)17(10-15)19-11-14-7-5-4-6-8-14/h4-10,19H,3,11-12H2,1-2H3. The van der Waals surface area contributed by atoms with Crippen molar-refractivity contribution in [1.82, 2.24) is 0 Å². The first-order valence-electron chi connectivity index (χ1n) is 6.85. The third-order valence-corrected chi connectivity index (χ3v) is 4.03. The second kappa shape index (κ2) is 7.46. The first-order valence-corrected chi connectivity index (χ1v) is 7.64. The molecule has 0 atom stereocenters. The molecule has 2 aromatic rings. The Morgan fingerprint density at radius 3 is 2.55 bits per heavy atom. The summed E-state index contributed by atoms with van der Waals surface area (Å²) in [5.41, 5.74) is 4.83. The molecule has 3 heteroatoms. The summed E-state index contributed by atoms with van der Waals surface area (Å²) < 4.78 is 6.60. The Bertz CT molecular complexity index is 554. The minimum atomic E-state index is 0.648. The third kappa shape index (κ3) is 4.09. The molecule has 2 nitrogen and oxygen atoms in total. The number of rotatable bonds is 6. The molecule has 1 N–H and O–H groups in total. The van der Waals surface area contributed by atoms with E-state index in [-0.39, 0.29) is 0 Å². The first kappa shape index (κ1) is 15.1. The number of benzene rings is 2. The molecule has 0 spiro atoms. The minimum Gasteiger partial charge on any atom is -0.381 e. The van der Waals surface area contributed by atoms with Crippen LogP contribution in [0.5, 0.6) is 0 Å². The van der Waals surface area contributed by atoms with Gasteiger partial charge in [-0.05, 0) is 42.7 Å². The summed E-state index contributed by atoms with van der Waals surface area (Å²) in [6.45, 7) is 6.33. The van der Waals surface area contributed by atoms with E-state index in [1.54, 1.807) is 0 Å². The van der Waals surface area contributed by atoms with E-state index in [1.807, 2.05) is 13.0 Å². The van der Waals surface area contributed by atoms with Crippen LogP contribution in [0.15, 0.2) is 46.9 Å². The third-order valence-electron chi connectivity index (χ3n) is 3.20. The topological polar surface area (TPSA) is 21.3 Å². The van der Waals surface area contributed by atoms with Crippen LogP contribution in [0.3, 0.4) is 0 Å². The average molecular weight is 334 g/mol. The first-order chi connectivity index (χ1) is 9.70. The molecular formula is C17H20BrNO.